The maximum atomic E-state index is 5.15. The molecule has 1 heterocycles. The highest BCUT2D eigenvalue weighted by atomic mass is 16.5. The van der Waals surface area contributed by atoms with Crippen molar-refractivity contribution in [1.82, 2.24) is 4.90 Å². The average molecular weight is 128 g/mol. The molecule has 1 fully saturated rings. The van der Waals surface area contributed by atoms with Gasteiger partial charge in [-0.2, -0.15) is 0 Å². The van der Waals surface area contributed by atoms with Gasteiger partial charge in [0, 0.05) is 12.6 Å². The molecule has 53 valence electrons. The van der Waals surface area contributed by atoms with Gasteiger partial charge < -0.3 is 4.74 Å². The molecule has 1 aliphatic rings. The molecule has 9 heavy (non-hydrogen) atoms. The molecule has 2 heteroatoms. The minimum atomic E-state index is 0.633. The third-order valence-electron chi connectivity index (χ3n) is 1.58. The van der Waals surface area contributed by atoms with E-state index in [0.29, 0.717) is 6.04 Å². The number of ether oxygens (including phenoxy) is 1. The molecule has 0 bridgehead atoms. The first-order valence-electron chi connectivity index (χ1n) is 3.47. The van der Waals surface area contributed by atoms with Crippen LogP contribution in [0.2, 0.25) is 0 Å². The van der Waals surface area contributed by atoms with Crippen molar-refractivity contribution < 1.29 is 4.74 Å². The summed E-state index contributed by atoms with van der Waals surface area (Å²) in [5.41, 5.74) is 0. The molecule has 0 saturated carbocycles. The van der Waals surface area contributed by atoms with Crippen LogP contribution in [0.1, 0.15) is 13.8 Å². The van der Waals surface area contributed by atoms with Crippen LogP contribution in [-0.2, 0) is 4.74 Å². The van der Waals surface area contributed by atoms with Crippen molar-refractivity contribution in [1.29, 1.82) is 0 Å². The topological polar surface area (TPSA) is 12.5 Å². The van der Waals surface area contributed by atoms with Crippen LogP contribution >= 0.6 is 0 Å². The van der Waals surface area contributed by atoms with Crippen LogP contribution in [-0.4, -0.2) is 30.7 Å². The molecule has 0 aromatic carbocycles. The summed E-state index contributed by atoms with van der Waals surface area (Å²) in [5, 5.41) is 0. The van der Waals surface area contributed by atoms with E-state index in [1.54, 1.807) is 0 Å². The number of hydrogen-bond acceptors (Lipinski definition) is 2. The van der Waals surface area contributed by atoms with Gasteiger partial charge in [-0.15, -0.1) is 0 Å². The predicted molar refractivity (Wildman–Crippen MR) is 37.0 cm³/mol. The van der Waals surface area contributed by atoms with Crippen LogP contribution < -0.4 is 0 Å². The van der Waals surface area contributed by atoms with E-state index in [1.165, 1.54) is 0 Å². The smallest absolute Gasteiger partial charge is 0.0638 e. The van der Waals surface area contributed by atoms with Crippen LogP contribution in [0.5, 0.6) is 0 Å². The Kier molecular flexibility index (Phi) is 2.49. The lowest BCUT2D eigenvalue weighted by atomic mass is 10.3. The molecule has 0 amide bonds. The van der Waals surface area contributed by atoms with E-state index in [0.717, 1.165) is 19.8 Å². The summed E-state index contributed by atoms with van der Waals surface area (Å²) in [6.07, 6.45) is 0. The molecule has 2 nitrogen and oxygen atoms in total. The van der Waals surface area contributed by atoms with Gasteiger partial charge in [0.25, 0.3) is 0 Å². The first-order valence-corrected chi connectivity index (χ1v) is 3.47. The van der Waals surface area contributed by atoms with Crippen LogP contribution in [0.15, 0.2) is 0 Å². The molecule has 0 aromatic heterocycles. The van der Waals surface area contributed by atoms with Crippen molar-refractivity contribution in [3.05, 3.63) is 6.54 Å². The van der Waals surface area contributed by atoms with Crippen molar-refractivity contribution in [3.8, 4) is 0 Å². The van der Waals surface area contributed by atoms with Gasteiger partial charge in [-0.1, -0.05) is 0 Å². The second-order valence-corrected chi connectivity index (χ2v) is 2.59. The zero-order valence-electron chi connectivity index (χ0n) is 6.13. The van der Waals surface area contributed by atoms with Gasteiger partial charge in [0.15, 0.2) is 0 Å². The highest BCUT2D eigenvalue weighted by Crippen LogP contribution is 2.05. The molecule has 0 atom stereocenters. The van der Waals surface area contributed by atoms with E-state index >= 15 is 0 Å². The maximum Gasteiger partial charge on any atom is 0.0638 e. The Morgan fingerprint density at radius 2 is 2.33 bits per heavy atom. The molecular formula is C7H14NO. The standard InChI is InChI=1S/C7H14NO/c1-7(2)8-3-5-9-6-4-8/h3,7H,4-6H2,1-2H3. The molecule has 1 rings (SSSR count). The lowest BCUT2D eigenvalue weighted by Gasteiger charge is -2.29. The normalized spacial score (nSPS) is 23.0. The highest BCUT2D eigenvalue weighted by molar-refractivity contribution is 4.74. The van der Waals surface area contributed by atoms with E-state index in [4.69, 9.17) is 4.74 Å². The third-order valence-corrected chi connectivity index (χ3v) is 1.58. The summed E-state index contributed by atoms with van der Waals surface area (Å²) in [6.45, 7) is 9.24. The first-order chi connectivity index (χ1) is 4.30. The molecule has 0 aliphatic carbocycles. The van der Waals surface area contributed by atoms with Crippen LogP contribution in [0.3, 0.4) is 0 Å². The van der Waals surface area contributed by atoms with Crippen molar-refractivity contribution in [2.24, 2.45) is 0 Å². The second kappa shape index (κ2) is 3.18. The monoisotopic (exact) mass is 128 g/mol. The van der Waals surface area contributed by atoms with Crippen molar-refractivity contribution >= 4 is 0 Å². The maximum absolute atomic E-state index is 5.15. The largest absolute Gasteiger partial charge is 0.378 e. The van der Waals surface area contributed by atoms with Crippen molar-refractivity contribution in [2.75, 3.05) is 19.8 Å². The van der Waals surface area contributed by atoms with E-state index in [-0.39, 0.29) is 0 Å². The quantitative estimate of drug-likeness (QED) is 0.520. The van der Waals surface area contributed by atoms with E-state index < -0.39 is 0 Å². The fraction of sp³-hybridized carbons (Fsp3) is 0.857. The third kappa shape index (κ3) is 1.95. The van der Waals surface area contributed by atoms with Crippen LogP contribution in [0.4, 0.5) is 0 Å². The van der Waals surface area contributed by atoms with E-state index in [2.05, 4.69) is 25.3 Å². The minimum absolute atomic E-state index is 0.633. The van der Waals surface area contributed by atoms with E-state index in [1.807, 2.05) is 0 Å². The van der Waals surface area contributed by atoms with Crippen LogP contribution in [0.25, 0.3) is 0 Å². The highest BCUT2D eigenvalue weighted by Gasteiger charge is 2.12. The van der Waals surface area contributed by atoms with Crippen LogP contribution in [0, 0.1) is 6.54 Å². The lowest BCUT2D eigenvalue weighted by molar-refractivity contribution is 0.0549. The summed E-state index contributed by atoms with van der Waals surface area (Å²) in [4.78, 5) is 2.31. The Labute approximate surface area is 56.8 Å². The predicted octanol–water partition coefficient (Wildman–Crippen LogP) is 0.889. The summed E-state index contributed by atoms with van der Waals surface area (Å²) >= 11 is 0. The van der Waals surface area contributed by atoms with Gasteiger partial charge in [-0.3, -0.25) is 4.90 Å². The Morgan fingerprint density at radius 1 is 1.56 bits per heavy atom. The van der Waals surface area contributed by atoms with Gasteiger partial charge in [0.2, 0.25) is 0 Å². The minimum Gasteiger partial charge on any atom is -0.378 e. The van der Waals surface area contributed by atoms with Gasteiger partial charge in [0.05, 0.1) is 19.8 Å². The Morgan fingerprint density at radius 3 is 2.67 bits per heavy atom. The molecule has 0 unspecified atom stereocenters. The molecule has 0 aromatic rings. The molecule has 0 N–H and O–H groups in total. The zero-order valence-corrected chi connectivity index (χ0v) is 6.13. The lowest BCUT2D eigenvalue weighted by Crippen LogP contribution is -2.37. The van der Waals surface area contributed by atoms with E-state index in [9.17, 15) is 0 Å². The van der Waals surface area contributed by atoms with Crippen molar-refractivity contribution in [2.45, 2.75) is 19.9 Å². The van der Waals surface area contributed by atoms with Crippen molar-refractivity contribution in [3.63, 3.8) is 0 Å². The van der Waals surface area contributed by atoms with Gasteiger partial charge in [0.1, 0.15) is 0 Å². The molecule has 1 radical (unpaired) electrons. The summed E-state index contributed by atoms with van der Waals surface area (Å²) in [5.74, 6) is 0. The average Bonchev–Trinajstić information content (AvgIpc) is 1.90. The van der Waals surface area contributed by atoms with Gasteiger partial charge >= 0.3 is 0 Å². The Balaban J connectivity index is 2.23. The molecule has 1 aliphatic heterocycles. The Hall–Kier alpha value is -0.0800. The van der Waals surface area contributed by atoms with Gasteiger partial charge in [-0.05, 0) is 13.8 Å². The fourth-order valence-electron chi connectivity index (χ4n) is 0.962. The Bertz CT molecular complexity index is 77.0. The number of hydrogen-bond donors (Lipinski definition) is 0. The fourth-order valence-corrected chi connectivity index (χ4v) is 0.962. The zero-order chi connectivity index (χ0) is 6.69. The number of rotatable bonds is 1. The molecular weight excluding hydrogens is 114 g/mol. The SMILES string of the molecule is CC(C)N1[CH]COCC1. The number of morpholine rings is 1. The summed E-state index contributed by atoms with van der Waals surface area (Å²) in [6, 6.07) is 0.633. The first kappa shape index (κ1) is 7.03. The molecule has 0 spiro atoms. The summed E-state index contributed by atoms with van der Waals surface area (Å²) < 4.78 is 5.15. The number of nitrogens with zero attached hydrogens (tertiary/aromatic N) is 1. The summed E-state index contributed by atoms with van der Waals surface area (Å²) in [7, 11) is 0. The second-order valence-electron chi connectivity index (χ2n) is 2.59. The molecule has 1 saturated heterocycles. The van der Waals surface area contributed by atoms with Gasteiger partial charge in [-0.25, -0.2) is 0 Å².